The average Bonchev–Trinajstić information content (AvgIpc) is 2.48. The molecule has 0 saturated carbocycles. The average molecular weight is 264 g/mol. The highest BCUT2D eigenvalue weighted by Crippen LogP contribution is 2.25. The Labute approximate surface area is 118 Å². The van der Waals surface area contributed by atoms with Crippen molar-refractivity contribution in [3.05, 3.63) is 65.9 Å². The van der Waals surface area contributed by atoms with Crippen molar-refractivity contribution in [2.24, 2.45) is 5.73 Å². The van der Waals surface area contributed by atoms with Gasteiger partial charge in [0.15, 0.2) is 0 Å². The molecule has 0 saturated heterocycles. The number of para-hydroxylation sites is 1. The van der Waals surface area contributed by atoms with Gasteiger partial charge in [-0.1, -0.05) is 18.2 Å². The topological polar surface area (TPSA) is 48.1 Å². The van der Waals surface area contributed by atoms with E-state index in [1.54, 1.807) is 0 Å². The van der Waals surface area contributed by atoms with Crippen LogP contribution in [0.4, 0.5) is 0 Å². The molecule has 20 heavy (non-hydrogen) atoms. The van der Waals surface area contributed by atoms with Crippen LogP contribution in [0.2, 0.25) is 0 Å². The molecule has 2 N–H and O–H groups in total. The summed E-state index contributed by atoms with van der Waals surface area (Å²) < 4.78 is 5.83. The van der Waals surface area contributed by atoms with Crippen molar-refractivity contribution in [2.45, 2.75) is 13.5 Å². The van der Waals surface area contributed by atoms with Gasteiger partial charge in [0.25, 0.3) is 0 Å². The number of nitrogens with two attached hydrogens (primary N) is 1. The predicted molar refractivity (Wildman–Crippen MR) is 80.9 cm³/mol. The standard InChI is InChI=1S/C17H16N2O/c1-12-14(11-18)9-13-10-16(7-8-17(13)19-12)20-15-5-3-2-4-6-15/h2-10H,11,18H2,1H3. The molecule has 3 heteroatoms. The molecule has 0 unspecified atom stereocenters. The zero-order chi connectivity index (χ0) is 13.9. The normalized spacial score (nSPS) is 10.7. The molecule has 0 bridgehead atoms. The van der Waals surface area contributed by atoms with Gasteiger partial charge in [0.05, 0.1) is 5.52 Å². The van der Waals surface area contributed by atoms with E-state index in [1.165, 1.54) is 0 Å². The second kappa shape index (κ2) is 5.31. The third kappa shape index (κ3) is 2.49. The number of rotatable bonds is 3. The lowest BCUT2D eigenvalue weighted by Crippen LogP contribution is -2.01. The molecule has 0 amide bonds. The first-order valence-electron chi connectivity index (χ1n) is 6.59. The van der Waals surface area contributed by atoms with Gasteiger partial charge in [0, 0.05) is 17.6 Å². The van der Waals surface area contributed by atoms with Gasteiger partial charge in [-0.3, -0.25) is 4.98 Å². The first-order chi connectivity index (χ1) is 9.76. The number of ether oxygens (including phenoxy) is 1. The highest BCUT2D eigenvalue weighted by molar-refractivity contribution is 5.81. The van der Waals surface area contributed by atoms with Gasteiger partial charge in [0.2, 0.25) is 0 Å². The molecule has 1 aromatic heterocycles. The lowest BCUT2D eigenvalue weighted by atomic mass is 10.1. The number of pyridine rings is 1. The van der Waals surface area contributed by atoms with Crippen LogP contribution in [0.1, 0.15) is 11.3 Å². The number of hydrogen-bond donors (Lipinski definition) is 1. The smallest absolute Gasteiger partial charge is 0.128 e. The molecule has 0 radical (unpaired) electrons. The van der Waals surface area contributed by atoms with E-state index in [4.69, 9.17) is 10.5 Å². The molecule has 3 rings (SSSR count). The lowest BCUT2D eigenvalue weighted by molar-refractivity contribution is 0.483. The van der Waals surface area contributed by atoms with Crippen LogP contribution in [0.5, 0.6) is 11.5 Å². The second-order valence-corrected chi connectivity index (χ2v) is 4.71. The Balaban J connectivity index is 1.99. The summed E-state index contributed by atoms with van der Waals surface area (Å²) in [5.41, 5.74) is 8.74. The van der Waals surface area contributed by atoms with Crippen LogP contribution in [0, 0.1) is 6.92 Å². The third-order valence-electron chi connectivity index (χ3n) is 3.28. The monoisotopic (exact) mass is 264 g/mol. The van der Waals surface area contributed by atoms with Crippen molar-refractivity contribution >= 4 is 10.9 Å². The fourth-order valence-electron chi connectivity index (χ4n) is 2.19. The summed E-state index contributed by atoms with van der Waals surface area (Å²) in [6.45, 7) is 2.48. The van der Waals surface area contributed by atoms with Crippen molar-refractivity contribution in [1.29, 1.82) is 0 Å². The molecular weight excluding hydrogens is 248 g/mol. The Morgan fingerprint density at radius 3 is 2.55 bits per heavy atom. The van der Waals surface area contributed by atoms with Crippen molar-refractivity contribution in [1.82, 2.24) is 4.98 Å². The van der Waals surface area contributed by atoms with E-state index in [0.29, 0.717) is 6.54 Å². The van der Waals surface area contributed by atoms with Crippen LogP contribution >= 0.6 is 0 Å². The number of fused-ring (bicyclic) bond motifs is 1. The summed E-state index contributed by atoms with van der Waals surface area (Å²) in [5, 5.41) is 1.05. The summed E-state index contributed by atoms with van der Waals surface area (Å²) in [6.07, 6.45) is 0. The van der Waals surface area contributed by atoms with Crippen molar-refractivity contribution in [3.63, 3.8) is 0 Å². The van der Waals surface area contributed by atoms with Gasteiger partial charge in [-0.25, -0.2) is 0 Å². The fraction of sp³-hybridized carbons (Fsp3) is 0.118. The lowest BCUT2D eigenvalue weighted by Gasteiger charge is -2.08. The quantitative estimate of drug-likeness (QED) is 0.782. The maximum absolute atomic E-state index is 5.83. The van der Waals surface area contributed by atoms with Crippen LogP contribution < -0.4 is 10.5 Å². The zero-order valence-corrected chi connectivity index (χ0v) is 11.3. The number of aryl methyl sites for hydroxylation is 1. The number of aromatic nitrogens is 1. The van der Waals surface area contributed by atoms with Gasteiger partial charge in [-0.05, 0) is 48.9 Å². The molecule has 0 aliphatic heterocycles. The minimum atomic E-state index is 0.499. The number of benzene rings is 2. The first-order valence-corrected chi connectivity index (χ1v) is 6.59. The Morgan fingerprint density at radius 1 is 1.00 bits per heavy atom. The SMILES string of the molecule is Cc1nc2ccc(Oc3ccccc3)cc2cc1CN. The van der Waals surface area contributed by atoms with E-state index in [9.17, 15) is 0 Å². The molecule has 1 heterocycles. The maximum atomic E-state index is 5.83. The van der Waals surface area contributed by atoms with E-state index in [1.807, 2.05) is 55.5 Å². The third-order valence-corrected chi connectivity index (χ3v) is 3.28. The number of hydrogen-bond acceptors (Lipinski definition) is 3. The highest BCUT2D eigenvalue weighted by Gasteiger charge is 2.04. The largest absolute Gasteiger partial charge is 0.457 e. The van der Waals surface area contributed by atoms with Gasteiger partial charge >= 0.3 is 0 Å². The maximum Gasteiger partial charge on any atom is 0.128 e. The van der Waals surface area contributed by atoms with Crippen molar-refractivity contribution in [2.75, 3.05) is 0 Å². The van der Waals surface area contributed by atoms with Crippen LogP contribution in [-0.4, -0.2) is 4.98 Å². The molecule has 3 aromatic rings. The highest BCUT2D eigenvalue weighted by atomic mass is 16.5. The van der Waals surface area contributed by atoms with Crippen molar-refractivity contribution in [3.8, 4) is 11.5 Å². The molecule has 0 aliphatic carbocycles. The zero-order valence-electron chi connectivity index (χ0n) is 11.3. The van der Waals surface area contributed by atoms with Gasteiger partial charge < -0.3 is 10.5 Å². The van der Waals surface area contributed by atoms with Crippen LogP contribution in [0.25, 0.3) is 10.9 Å². The van der Waals surface area contributed by atoms with Gasteiger partial charge in [-0.2, -0.15) is 0 Å². The van der Waals surface area contributed by atoms with E-state index >= 15 is 0 Å². The molecule has 2 aromatic carbocycles. The van der Waals surface area contributed by atoms with Crippen LogP contribution in [0.3, 0.4) is 0 Å². The Bertz CT molecular complexity index is 739. The summed E-state index contributed by atoms with van der Waals surface area (Å²) in [5.74, 6) is 1.63. The Morgan fingerprint density at radius 2 is 1.80 bits per heavy atom. The molecule has 100 valence electrons. The minimum Gasteiger partial charge on any atom is -0.457 e. The van der Waals surface area contributed by atoms with Crippen molar-refractivity contribution < 1.29 is 4.74 Å². The van der Waals surface area contributed by atoms with E-state index in [-0.39, 0.29) is 0 Å². The van der Waals surface area contributed by atoms with Crippen LogP contribution in [-0.2, 0) is 6.54 Å². The van der Waals surface area contributed by atoms with Crippen LogP contribution in [0.15, 0.2) is 54.6 Å². The second-order valence-electron chi connectivity index (χ2n) is 4.71. The fourth-order valence-corrected chi connectivity index (χ4v) is 2.19. The number of nitrogens with zero attached hydrogens (tertiary/aromatic N) is 1. The molecule has 0 spiro atoms. The Kier molecular flexibility index (Phi) is 3.35. The van der Waals surface area contributed by atoms with E-state index in [2.05, 4.69) is 11.1 Å². The van der Waals surface area contributed by atoms with Gasteiger partial charge in [-0.15, -0.1) is 0 Å². The summed E-state index contributed by atoms with van der Waals surface area (Å²) in [4.78, 5) is 4.56. The predicted octanol–water partition coefficient (Wildman–Crippen LogP) is 3.79. The van der Waals surface area contributed by atoms with E-state index in [0.717, 1.165) is 33.7 Å². The molecule has 0 fully saturated rings. The summed E-state index contributed by atoms with van der Waals surface area (Å²) in [6, 6.07) is 17.7. The Hall–Kier alpha value is -2.39. The molecular formula is C17H16N2O. The summed E-state index contributed by atoms with van der Waals surface area (Å²) in [7, 11) is 0. The molecule has 0 atom stereocenters. The minimum absolute atomic E-state index is 0.499. The summed E-state index contributed by atoms with van der Waals surface area (Å²) >= 11 is 0. The first kappa shape index (κ1) is 12.6. The molecule has 0 aliphatic rings. The molecule has 3 nitrogen and oxygen atoms in total. The van der Waals surface area contributed by atoms with E-state index < -0.39 is 0 Å². The van der Waals surface area contributed by atoms with Gasteiger partial charge in [0.1, 0.15) is 11.5 Å².